The first-order chi connectivity index (χ1) is 5.37. The van der Waals surface area contributed by atoms with E-state index >= 15 is 0 Å². The van der Waals surface area contributed by atoms with Crippen LogP contribution in [0.3, 0.4) is 0 Å². The molecule has 70 valence electrons. The van der Waals surface area contributed by atoms with E-state index in [0.717, 1.165) is 6.29 Å². The zero-order chi connectivity index (χ0) is 9.41. The summed E-state index contributed by atoms with van der Waals surface area (Å²) in [5, 5.41) is 0. The van der Waals surface area contributed by atoms with Crippen LogP contribution in [0.4, 0.5) is 0 Å². The molecule has 1 atom stereocenters. The van der Waals surface area contributed by atoms with Gasteiger partial charge in [0.05, 0.1) is 0 Å². The molecule has 0 aromatic heterocycles. The summed E-state index contributed by atoms with van der Waals surface area (Å²) in [5.41, 5.74) is 0.360. The summed E-state index contributed by atoms with van der Waals surface area (Å²) in [4.78, 5) is 10.8. The minimum Gasteiger partial charge on any atom is -0.303 e. The van der Waals surface area contributed by atoms with Gasteiger partial charge in [0.25, 0.3) is 0 Å². The Kier molecular flexibility index (Phi) is 2.33. The number of carbonyl (C=O) groups excluding carboxylic acids is 1. The lowest BCUT2D eigenvalue weighted by Gasteiger charge is -2.26. The molecule has 1 nitrogen and oxygen atoms in total. The summed E-state index contributed by atoms with van der Waals surface area (Å²) < 4.78 is 0. The van der Waals surface area contributed by atoms with Gasteiger partial charge >= 0.3 is 0 Å². The number of hydrogen-bond acceptors (Lipinski definition) is 1. The highest BCUT2D eigenvalue weighted by atomic mass is 16.1. The van der Waals surface area contributed by atoms with E-state index < -0.39 is 0 Å². The lowest BCUT2D eigenvalue weighted by molar-refractivity contribution is -0.117. The molecular formula is C11H20O. The van der Waals surface area contributed by atoms with Crippen molar-refractivity contribution in [2.24, 2.45) is 16.7 Å². The van der Waals surface area contributed by atoms with Crippen LogP contribution >= 0.6 is 0 Å². The fourth-order valence-electron chi connectivity index (χ4n) is 2.17. The molecule has 0 bridgehead atoms. The Morgan fingerprint density at radius 1 is 1.42 bits per heavy atom. The van der Waals surface area contributed by atoms with Crippen LogP contribution < -0.4 is 0 Å². The molecular weight excluding hydrogens is 148 g/mol. The van der Waals surface area contributed by atoms with Crippen LogP contribution in [0, 0.1) is 16.7 Å². The largest absolute Gasteiger partial charge is 0.303 e. The highest BCUT2D eigenvalue weighted by molar-refractivity contribution is 5.58. The molecule has 1 aliphatic rings. The van der Waals surface area contributed by atoms with Gasteiger partial charge in [0, 0.05) is 5.41 Å². The first-order valence-corrected chi connectivity index (χ1v) is 4.84. The summed E-state index contributed by atoms with van der Waals surface area (Å²) in [6.45, 7) is 8.72. The second-order valence-corrected chi connectivity index (χ2v) is 5.54. The minimum absolute atomic E-state index is 0.103. The van der Waals surface area contributed by atoms with E-state index in [9.17, 15) is 4.79 Å². The van der Waals surface area contributed by atoms with Gasteiger partial charge in [-0.1, -0.05) is 27.7 Å². The second-order valence-electron chi connectivity index (χ2n) is 5.54. The van der Waals surface area contributed by atoms with Gasteiger partial charge in [0.15, 0.2) is 0 Å². The molecule has 0 radical (unpaired) electrons. The Balaban J connectivity index is 2.63. The van der Waals surface area contributed by atoms with Crippen LogP contribution in [0.5, 0.6) is 0 Å². The molecule has 0 aromatic rings. The summed E-state index contributed by atoms with van der Waals surface area (Å²) in [6, 6.07) is 0. The molecule has 1 heteroatoms. The molecule has 0 N–H and O–H groups in total. The van der Waals surface area contributed by atoms with Gasteiger partial charge < -0.3 is 4.79 Å². The van der Waals surface area contributed by atoms with Crippen LogP contribution in [0.15, 0.2) is 0 Å². The minimum atomic E-state index is -0.103. The van der Waals surface area contributed by atoms with Crippen molar-refractivity contribution < 1.29 is 4.79 Å². The monoisotopic (exact) mass is 168 g/mol. The van der Waals surface area contributed by atoms with Crippen molar-refractivity contribution in [3.8, 4) is 0 Å². The van der Waals surface area contributed by atoms with Gasteiger partial charge in [0.1, 0.15) is 6.29 Å². The number of carbonyl (C=O) groups is 1. The lowest BCUT2D eigenvalue weighted by atomic mass is 9.77. The normalized spacial score (nSPS) is 28.8. The third kappa shape index (κ3) is 1.88. The molecule has 1 rings (SSSR count). The molecule has 0 amide bonds. The Bertz CT molecular complexity index is 179. The molecule has 0 aromatic carbocycles. The van der Waals surface area contributed by atoms with E-state index in [1.807, 2.05) is 0 Å². The van der Waals surface area contributed by atoms with E-state index in [2.05, 4.69) is 27.7 Å². The topological polar surface area (TPSA) is 17.1 Å². The van der Waals surface area contributed by atoms with Crippen LogP contribution in [0.1, 0.15) is 47.0 Å². The average Bonchev–Trinajstić information content (AvgIpc) is 2.31. The standard InChI is InChI=1S/C11H20O/c1-10(2)6-5-9(7-10)11(3,4)8-12/h8-9H,5-7H2,1-4H3. The van der Waals surface area contributed by atoms with E-state index in [-0.39, 0.29) is 5.41 Å². The summed E-state index contributed by atoms with van der Waals surface area (Å²) in [7, 11) is 0. The number of aldehydes is 1. The van der Waals surface area contributed by atoms with Crippen molar-refractivity contribution in [3.63, 3.8) is 0 Å². The first kappa shape index (κ1) is 9.76. The molecule has 0 saturated heterocycles. The maximum Gasteiger partial charge on any atom is 0.125 e. The van der Waals surface area contributed by atoms with Crippen LogP contribution in [0.2, 0.25) is 0 Å². The SMILES string of the molecule is CC1(C)CCC(C(C)(C)C=O)C1. The van der Waals surface area contributed by atoms with Crippen molar-refractivity contribution in [3.05, 3.63) is 0 Å². The van der Waals surface area contributed by atoms with Gasteiger partial charge in [-0.2, -0.15) is 0 Å². The van der Waals surface area contributed by atoms with Gasteiger partial charge in [-0.05, 0) is 30.6 Å². The van der Waals surface area contributed by atoms with Crippen LogP contribution in [-0.2, 0) is 4.79 Å². The van der Waals surface area contributed by atoms with Gasteiger partial charge in [0.2, 0.25) is 0 Å². The van der Waals surface area contributed by atoms with Gasteiger partial charge in [-0.3, -0.25) is 0 Å². The fourth-order valence-corrected chi connectivity index (χ4v) is 2.17. The Morgan fingerprint density at radius 3 is 2.33 bits per heavy atom. The highest BCUT2D eigenvalue weighted by Gasteiger charge is 2.39. The predicted octanol–water partition coefficient (Wildman–Crippen LogP) is 3.04. The third-order valence-corrected chi connectivity index (χ3v) is 3.32. The molecule has 0 aliphatic heterocycles. The van der Waals surface area contributed by atoms with Crippen molar-refractivity contribution >= 4 is 6.29 Å². The summed E-state index contributed by atoms with van der Waals surface area (Å²) in [6.07, 6.45) is 4.82. The van der Waals surface area contributed by atoms with Crippen molar-refractivity contribution in [2.75, 3.05) is 0 Å². The highest BCUT2D eigenvalue weighted by Crippen LogP contribution is 2.47. The molecule has 1 fully saturated rings. The smallest absolute Gasteiger partial charge is 0.125 e. The Morgan fingerprint density at radius 2 is 2.00 bits per heavy atom. The Hall–Kier alpha value is -0.330. The zero-order valence-corrected chi connectivity index (χ0v) is 8.68. The predicted molar refractivity (Wildman–Crippen MR) is 51.0 cm³/mol. The van der Waals surface area contributed by atoms with Crippen LogP contribution in [-0.4, -0.2) is 6.29 Å². The average molecular weight is 168 g/mol. The maximum atomic E-state index is 10.8. The Labute approximate surface area is 75.5 Å². The quantitative estimate of drug-likeness (QED) is 0.579. The van der Waals surface area contributed by atoms with Crippen LogP contribution in [0.25, 0.3) is 0 Å². The maximum absolute atomic E-state index is 10.8. The first-order valence-electron chi connectivity index (χ1n) is 4.84. The summed E-state index contributed by atoms with van der Waals surface area (Å²) in [5.74, 6) is 0.602. The van der Waals surface area contributed by atoms with Crippen molar-refractivity contribution in [1.29, 1.82) is 0 Å². The van der Waals surface area contributed by atoms with Crippen molar-refractivity contribution in [1.82, 2.24) is 0 Å². The van der Waals surface area contributed by atoms with Gasteiger partial charge in [-0.15, -0.1) is 0 Å². The third-order valence-electron chi connectivity index (χ3n) is 3.32. The lowest BCUT2D eigenvalue weighted by Crippen LogP contribution is -2.24. The van der Waals surface area contributed by atoms with Crippen molar-refractivity contribution in [2.45, 2.75) is 47.0 Å². The summed E-state index contributed by atoms with van der Waals surface area (Å²) >= 11 is 0. The van der Waals surface area contributed by atoms with E-state index in [4.69, 9.17) is 0 Å². The van der Waals surface area contributed by atoms with E-state index in [0.29, 0.717) is 11.3 Å². The molecule has 1 aliphatic carbocycles. The van der Waals surface area contributed by atoms with Gasteiger partial charge in [-0.25, -0.2) is 0 Å². The molecule has 12 heavy (non-hydrogen) atoms. The fraction of sp³-hybridized carbons (Fsp3) is 0.909. The zero-order valence-electron chi connectivity index (χ0n) is 8.68. The molecule has 0 spiro atoms. The number of rotatable bonds is 2. The van der Waals surface area contributed by atoms with E-state index in [1.165, 1.54) is 19.3 Å². The molecule has 1 unspecified atom stereocenters. The molecule has 1 saturated carbocycles. The second kappa shape index (κ2) is 2.86. The molecule has 0 heterocycles. The number of hydrogen-bond donors (Lipinski definition) is 0. The van der Waals surface area contributed by atoms with E-state index in [1.54, 1.807) is 0 Å².